The molecule has 1 heterocycles. The molecule has 0 aliphatic rings. The van der Waals surface area contributed by atoms with Crippen molar-refractivity contribution in [1.29, 1.82) is 5.26 Å². The number of ether oxygens (including phenoxy) is 2. The van der Waals surface area contributed by atoms with E-state index in [9.17, 15) is 14.9 Å². The Hall–Kier alpha value is -2.72. The van der Waals surface area contributed by atoms with E-state index in [0.29, 0.717) is 16.3 Å². The fourth-order valence-electron chi connectivity index (χ4n) is 2.01. The van der Waals surface area contributed by atoms with Gasteiger partial charge in [-0.05, 0) is 45.0 Å². The summed E-state index contributed by atoms with van der Waals surface area (Å²) in [7, 11) is 0. The average Bonchev–Trinajstić information content (AvgIpc) is 2.99. The molecule has 0 spiro atoms. The molecule has 130 valence electrons. The van der Waals surface area contributed by atoms with Crippen LogP contribution >= 0.6 is 11.3 Å². The third kappa shape index (κ3) is 5.13. The number of Topliss-reactive ketones (excluding diaryl/α,β-unsaturated/α-hetero) is 1. The summed E-state index contributed by atoms with van der Waals surface area (Å²) in [5, 5.41) is 11.4. The molecule has 0 unspecified atom stereocenters. The lowest BCUT2D eigenvalue weighted by molar-refractivity contribution is -0.122. The van der Waals surface area contributed by atoms with Crippen molar-refractivity contribution in [3.05, 3.63) is 45.9 Å². The van der Waals surface area contributed by atoms with Crippen LogP contribution in [0, 0.1) is 18.3 Å². The minimum Gasteiger partial charge on any atom is -0.491 e. The zero-order valence-corrected chi connectivity index (χ0v) is 15.0. The minimum atomic E-state index is -1.02. The zero-order chi connectivity index (χ0) is 18.4. The maximum Gasteiger partial charge on any atom is 0.338 e. The minimum absolute atomic E-state index is 0.0350. The maximum absolute atomic E-state index is 12.1. The number of aryl methyl sites for hydroxylation is 1. The second kappa shape index (κ2) is 8.40. The highest BCUT2D eigenvalue weighted by molar-refractivity contribution is 7.09. The van der Waals surface area contributed by atoms with Gasteiger partial charge in [0.1, 0.15) is 10.8 Å². The molecule has 0 aliphatic heterocycles. The van der Waals surface area contributed by atoms with Gasteiger partial charge in [0.05, 0.1) is 17.7 Å². The molecular formula is C18H18N2O4S. The van der Waals surface area contributed by atoms with Gasteiger partial charge in [-0.3, -0.25) is 4.79 Å². The first-order valence-electron chi connectivity index (χ1n) is 7.69. The Balaban J connectivity index is 1.94. The summed E-state index contributed by atoms with van der Waals surface area (Å²) in [6.07, 6.45) is 0.0350. The van der Waals surface area contributed by atoms with Gasteiger partial charge in [-0.1, -0.05) is 0 Å². The number of aromatic nitrogens is 1. The molecule has 0 aliphatic carbocycles. The van der Waals surface area contributed by atoms with E-state index < -0.39 is 24.3 Å². The van der Waals surface area contributed by atoms with E-state index in [1.54, 1.807) is 36.6 Å². The standard InChI is InChI=1S/C18H18N2O4S/c1-11(2)24-14-6-4-13(5-7-14)18(22)23-9-16(21)15(8-19)17-20-12(3)10-25-17/h4-7,10-11,15H,9H2,1-3H3/t15-/m0/s1. The normalized spacial score (nSPS) is 11.6. The topological polar surface area (TPSA) is 89.3 Å². The first-order valence-corrected chi connectivity index (χ1v) is 8.57. The van der Waals surface area contributed by atoms with Crippen LogP contribution in [0.1, 0.15) is 40.8 Å². The van der Waals surface area contributed by atoms with Crippen molar-refractivity contribution in [2.45, 2.75) is 32.8 Å². The first-order chi connectivity index (χ1) is 11.9. The summed E-state index contributed by atoms with van der Waals surface area (Å²) in [6.45, 7) is 5.12. The van der Waals surface area contributed by atoms with E-state index in [2.05, 4.69) is 4.98 Å². The Morgan fingerprint density at radius 1 is 1.28 bits per heavy atom. The molecule has 0 bridgehead atoms. The Kier molecular flexibility index (Phi) is 6.25. The van der Waals surface area contributed by atoms with Crippen molar-refractivity contribution in [2.24, 2.45) is 0 Å². The van der Waals surface area contributed by atoms with Gasteiger partial charge in [0.25, 0.3) is 0 Å². The molecule has 1 atom stereocenters. The summed E-state index contributed by atoms with van der Waals surface area (Å²) in [5.74, 6) is -1.50. The van der Waals surface area contributed by atoms with Crippen LogP contribution in [0.4, 0.5) is 0 Å². The lowest BCUT2D eigenvalue weighted by Gasteiger charge is -2.10. The van der Waals surface area contributed by atoms with Crippen molar-refractivity contribution in [3.8, 4) is 11.8 Å². The van der Waals surface area contributed by atoms with E-state index in [0.717, 1.165) is 5.69 Å². The second-order valence-corrected chi connectivity index (χ2v) is 6.51. The van der Waals surface area contributed by atoms with Gasteiger partial charge in [-0.15, -0.1) is 11.3 Å². The SMILES string of the molecule is Cc1csc([C@@H](C#N)C(=O)COC(=O)c2ccc(OC(C)C)cc2)n1. The number of hydrogen-bond acceptors (Lipinski definition) is 7. The van der Waals surface area contributed by atoms with E-state index in [4.69, 9.17) is 9.47 Å². The summed E-state index contributed by atoms with van der Waals surface area (Å²) < 4.78 is 10.5. The number of nitriles is 1. The fraction of sp³-hybridized carbons (Fsp3) is 0.333. The maximum atomic E-state index is 12.1. The van der Waals surface area contributed by atoms with Gasteiger partial charge in [0.15, 0.2) is 18.3 Å². The number of carbonyl (C=O) groups is 2. The second-order valence-electron chi connectivity index (χ2n) is 5.62. The number of ketones is 1. The summed E-state index contributed by atoms with van der Waals surface area (Å²) in [6, 6.07) is 8.37. The predicted octanol–water partition coefficient (Wildman–Crippen LogP) is 3.27. The molecule has 1 aromatic heterocycles. The summed E-state index contributed by atoms with van der Waals surface area (Å²) in [4.78, 5) is 28.3. The Morgan fingerprint density at radius 3 is 2.48 bits per heavy atom. The van der Waals surface area contributed by atoms with Gasteiger partial charge in [0.2, 0.25) is 0 Å². The van der Waals surface area contributed by atoms with Crippen LogP contribution in [0.5, 0.6) is 5.75 Å². The van der Waals surface area contributed by atoms with Crippen molar-refractivity contribution in [3.63, 3.8) is 0 Å². The molecule has 0 amide bonds. The first kappa shape index (κ1) is 18.6. The van der Waals surface area contributed by atoms with Gasteiger partial charge in [-0.2, -0.15) is 5.26 Å². The predicted molar refractivity (Wildman–Crippen MR) is 92.7 cm³/mol. The number of rotatable bonds is 7. The van der Waals surface area contributed by atoms with Crippen LogP contribution in [0.3, 0.4) is 0 Å². The Labute approximate surface area is 150 Å². The van der Waals surface area contributed by atoms with Crippen LogP contribution in [0.2, 0.25) is 0 Å². The molecular weight excluding hydrogens is 340 g/mol. The van der Waals surface area contributed by atoms with Crippen molar-refractivity contribution < 1.29 is 19.1 Å². The lowest BCUT2D eigenvalue weighted by atomic mass is 10.1. The molecule has 6 nitrogen and oxygen atoms in total. The number of nitrogens with zero attached hydrogens (tertiary/aromatic N) is 2. The molecule has 0 fully saturated rings. The molecule has 1 aromatic carbocycles. The molecule has 2 aromatic rings. The number of benzene rings is 1. The Bertz CT molecular complexity index is 790. The highest BCUT2D eigenvalue weighted by Gasteiger charge is 2.24. The highest BCUT2D eigenvalue weighted by atomic mass is 32.1. The number of thiazole rings is 1. The van der Waals surface area contributed by atoms with Gasteiger partial charge in [-0.25, -0.2) is 9.78 Å². The molecule has 0 saturated heterocycles. The van der Waals surface area contributed by atoms with Crippen molar-refractivity contribution in [2.75, 3.05) is 6.61 Å². The highest BCUT2D eigenvalue weighted by Crippen LogP contribution is 2.21. The van der Waals surface area contributed by atoms with Crippen LogP contribution in [0.15, 0.2) is 29.6 Å². The van der Waals surface area contributed by atoms with Crippen LogP contribution < -0.4 is 4.74 Å². The summed E-state index contributed by atoms with van der Waals surface area (Å²) in [5.41, 5.74) is 1.05. The summed E-state index contributed by atoms with van der Waals surface area (Å²) >= 11 is 1.24. The number of hydrogen-bond donors (Lipinski definition) is 0. The largest absolute Gasteiger partial charge is 0.491 e. The average molecular weight is 358 g/mol. The van der Waals surface area contributed by atoms with E-state index >= 15 is 0 Å². The number of carbonyl (C=O) groups excluding carboxylic acids is 2. The van der Waals surface area contributed by atoms with Gasteiger partial charge < -0.3 is 9.47 Å². The van der Waals surface area contributed by atoms with Gasteiger partial charge >= 0.3 is 5.97 Å². The van der Waals surface area contributed by atoms with E-state index in [1.807, 2.05) is 19.9 Å². The third-order valence-corrected chi connectivity index (χ3v) is 4.17. The van der Waals surface area contributed by atoms with Crippen molar-refractivity contribution >= 4 is 23.1 Å². The van der Waals surface area contributed by atoms with Crippen LogP contribution in [0.25, 0.3) is 0 Å². The molecule has 7 heteroatoms. The smallest absolute Gasteiger partial charge is 0.338 e. The fourth-order valence-corrected chi connectivity index (χ4v) is 2.88. The third-order valence-electron chi connectivity index (χ3n) is 3.14. The molecule has 25 heavy (non-hydrogen) atoms. The molecule has 0 radical (unpaired) electrons. The van der Waals surface area contributed by atoms with E-state index in [-0.39, 0.29) is 6.10 Å². The van der Waals surface area contributed by atoms with Crippen LogP contribution in [-0.2, 0) is 9.53 Å². The monoisotopic (exact) mass is 358 g/mol. The zero-order valence-electron chi connectivity index (χ0n) is 14.2. The Morgan fingerprint density at radius 2 is 1.96 bits per heavy atom. The quantitative estimate of drug-likeness (QED) is 0.706. The number of esters is 1. The molecule has 0 saturated carbocycles. The van der Waals surface area contributed by atoms with E-state index in [1.165, 1.54) is 11.3 Å². The van der Waals surface area contributed by atoms with Gasteiger partial charge in [0, 0.05) is 11.1 Å². The molecule has 2 rings (SSSR count). The lowest BCUT2D eigenvalue weighted by Crippen LogP contribution is -2.20. The molecule has 0 N–H and O–H groups in total. The van der Waals surface area contributed by atoms with Crippen LogP contribution in [-0.4, -0.2) is 29.4 Å². The van der Waals surface area contributed by atoms with Crippen molar-refractivity contribution in [1.82, 2.24) is 4.98 Å².